The molecule has 10 heteroatoms. The highest BCUT2D eigenvalue weighted by Gasteiger charge is 2.50. The molecule has 2 fully saturated rings. The van der Waals surface area contributed by atoms with Gasteiger partial charge in [0.1, 0.15) is 25.1 Å². The second kappa shape index (κ2) is 11.6. The Bertz CT molecular complexity index is 1880. The zero-order valence-electron chi connectivity index (χ0n) is 26.3. The number of hydrogen-bond donors (Lipinski definition) is 1. The van der Waals surface area contributed by atoms with Crippen LogP contribution in [-0.2, 0) is 0 Å². The first kappa shape index (κ1) is 31.2. The van der Waals surface area contributed by atoms with Gasteiger partial charge in [0.05, 0.1) is 28.4 Å². The molecule has 0 radical (unpaired) electrons. The van der Waals surface area contributed by atoms with Gasteiger partial charge in [-0.3, -0.25) is 9.97 Å². The largest absolute Gasteiger partial charge is 0.465 e. The normalized spacial score (nSPS) is 18.1. The lowest BCUT2D eigenvalue weighted by atomic mass is 9.94. The molecule has 0 aliphatic carbocycles. The first-order valence-electron chi connectivity index (χ1n) is 15.5. The second-order valence-corrected chi connectivity index (χ2v) is 19.2. The fourth-order valence-electron chi connectivity index (χ4n) is 7.96. The molecule has 2 atom stereocenters. The monoisotopic (exact) mass is 646 g/mol. The number of halogens is 3. The summed E-state index contributed by atoms with van der Waals surface area (Å²) in [6.45, 7) is 14.2. The minimum atomic E-state index is -2.19. The lowest BCUT2D eigenvalue weighted by Crippen LogP contribution is -2.63. The highest BCUT2D eigenvalue weighted by molar-refractivity contribution is 6.90. The quantitative estimate of drug-likeness (QED) is 0.173. The first-order valence-corrected chi connectivity index (χ1v) is 18.1. The van der Waals surface area contributed by atoms with Gasteiger partial charge in [0.2, 0.25) is 0 Å². The maximum Gasteiger partial charge on any atom is 0.407 e. The van der Waals surface area contributed by atoms with Gasteiger partial charge in [-0.25, -0.2) is 13.6 Å². The van der Waals surface area contributed by atoms with Crippen LogP contribution >= 0.6 is 11.6 Å². The smallest absolute Gasteiger partial charge is 0.407 e. The van der Waals surface area contributed by atoms with Crippen molar-refractivity contribution in [3.05, 3.63) is 64.9 Å². The van der Waals surface area contributed by atoms with Crippen molar-refractivity contribution in [1.82, 2.24) is 14.9 Å². The van der Waals surface area contributed by atoms with Gasteiger partial charge >= 0.3 is 6.09 Å². The summed E-state index contributed by atoms with van der Waals surface area (Å²) in [7, 11) is -2.19. The predicted molar refractivity (Wildman–Crippen MR) is 180 cm³/mol. The number of anilines is 1. The van der Waals surface area contributed by atoms with Crippen LogP contribution in [0.2, 0.25) is 21.6 Å². The van der Waals surface area contributed by atoms with E-state index in [0.29, 0.717) is 63.2 Å². The molecule has 6 nitrogen and oxygen atoms in total. The van der Waals surface area contributed by atoms with E-state index in [1.807, 2.05) is 17.0 Å². The summed E-state index contributed by atoms with van der Waals surface area (Å²) in [4.78, 5) is 24.1. The number of pyridine rings is 2. The van der Waals surface area contributed by atoms with Gasteiger partial charge in [-0.05, 0) is 34.5 Å². The number of hydrogen-bond acceptors (Lipinski definition) is 4. The van der Waals surface area contributed by atoms with Gasteiger partial charge in [0, 0.05) is 41.8 Å². The van der Waals surface area contributed by atoms with Crippen LogP contribution in [0.1, 0.15) is 53.5 Å². The number of aromatic nitrogens is 2. The molecule has 0 unspecified atom stereocenters. The number of fused-ring (bicyclic) bond motifs is 3. The van der Waals surface area contributed by atoms with Crippen molar-refractivity contribution in [3.8, 4) is 22.7 Å². The molecule has 234 valence electrons. The van der Waals surface area contributed by atoms with E-state index < -0.39 is 25.8 Å². The van der Waals surface area contributed by atoms with Crippen LogP contribution in [0.4, 0.5) is 19.3 Å². The molecule has 4 heterocycles. The molecule has 1 amide bonds. The van der Waals surface area contributed by atoms with E-state index in [4.69, 9.17) is 11.6 Å². The van der Waals surface area contributed by atoms with Crippen LogP contribution < -0.4 is 4.90 Å². The fraction of sp³-hybridized carbons (Fsp3) is 0.400. The summed E-state index contributed by atoms with van der Waals surface area (Å²) in [5, 5.41) is 11.6. The first-order chi connectivity index (χ1) is 21.4. The zero-order chi connectivity index (χ0) is 32.4. The lowest BCUT2D eigenvalue weighted by Gasteiger charge is -2.48. The predicted octanol–water partition coefficient (Wildman–Crippen LogP) is 8.89. The Morgan fingerprint density at radius 2 is 1.73 bits per heavy atom. The van der Waals surface area contributed by atoms with Crippen LogP contribution in [0.3, 0.4) is 0 Å². The molecule has 2 saturated heterocycles. The summed E-state index contributed by atoms with van der Waals surface area (Å²) in [6.07, 6.45) is 2.71. The summed E-state index contributed by atoms with van der Waals surface area (Å²) in [5.41, 5.74) is 6.19. The van der Waals surface area contributed by atoms with E-state index >= 15 is 8.78 Å². The molecule has 1 N–H and O–H groups in total. The van der Waals surface area contributed by atoms with Crippen molar-refractivity contribution in [2.45, 2.75) is 76.7 Å². The van der Waals surface area contributed by atoms with Crippen molar-refractivity contribution < 1.29 is 18.7 Å². The van der Waals surface area contributed by atoms with Crippen molar-refractivity contribution >= 4 is 53.1 Å². The zero-order valence-corrected chi connectivity index (χ0v) is 28.1. The van der Waals surface area contributed by atoms with E-state index in [2.05, 4.69) is 63.0 Å². The topological polar surface area (TPSA) is 69.6 Å². The highest BCUT2D eigenvalue weighted by atomic mass is 35.5. The molecule has 45 heavy (non-hydrogen) atoms. The van der Waals surface area contributed by atoms with E-state index in [1.165, 1.54) is 17.2 Å². The van der Waals surface area contributed by atoms with Gasteiger partial charge in [-0.1, -0.05) is 83.3 Å². The Morgan fingerprint density at radius 1 is 1.02 bits per heavy atom. The Labute approximate surface area is 268 Å². The van der Waals surface area contributed by atoms with E-state index in [9.17, 15) is 9.90 Å². The van der Waals surface area contributed by atoms with Crippen molar-refractivity contribution in [1.29, 1.82) is 0 Å². The Balaban J connectivity index is 1.50. The SMILES string of the molecule is CC(C)[Si](C#Cc1c(F)ccc2cccc(-c3ncc4c(N5C[C@@H]6[C@H]5CCN6C(=O)O)c(Cl)cnc4c3F)c12)(C(C)C)C(C)C. The van der Waals surface area contributed by atoms with Crippen molar-refractivity contribution in [3.63, 3.8) is 0 Å². The summed E-state index contributed by atoms with van der Waals surface area (Å²) >= 11 is 6.63. The van der Waals surface area contributed by atoms with Crippen LogP contribution in [0.5, 0.6) is 0 Å². The third kappa shape index (κ3) is 4.85. The molecule has 0 bridgehead atoms. The minimum Gasteiger partial charge on any atom is -0.465 e. The lowest BCUT2D eigenvalue weighted by molar-refractivity contribution is 0.129. The third-order valence-electron chi connectivity index (χ3n) is 10.1. The van der Waals surface area contributed by atoms with Crippen LogP contribution in [0.25, 0.3) is 32.9 Å². The Morgan fingerprint density at radius 3 is 2.40 bits per heavy atom. The van der Waals surface area contributed by atoms with Crippen LogP contribution in [0.15, 0.2) is 42.7 Å². The van der Waals surface area contributed by atoms with E-state index in [-0.39, 0.29) is 28.9 Å². The summed E-state index contributed by atoms with van der Waals surface area (Å²) in [6, 6.07) is 8.36. The summed E-state index contributed by atoms with van der Waals surface area (Å²) in [5.74, 6) is 2.21. The van der Waals surface area contributed by atoms with E-state index in [0.717, 1.165) is 5.39 Å². The van der Waals surface area contributed by atoms with Crippen molar-refractivity contribution in [2.75, 3.05) is 18.0 Å². The van der Waals surface area contributed by atoms with Gasteiger partial charge in [0.15, 0.2) is 5.82 Å². The van der Waals surface area contributed by atoms with Gasteiger partial charge < -0.3 is 14.9 Å². The number of nitrogens with zero attached hydrogens (tertiary/aromatic N) is 4. The number of carbonyl (C=O) groups is 1. The number of amides is 1. The maximum absolute atomic E-state index is 16.5. The average molecular weight is 647 g/mol. The number of rotatable bonds is 5. The maximum atomic E-state index is 16.5. The molecule has 4 aromatic rings. The molecule has 2 aromatic heterocycles. The van der Waals surface area contributed by atoms with Crippen LogP contribution in [0, 0.1) is 23.1 Å². The molecule has 0 saturated carbocycles. The molecule has 2 aliphatic heterocycles. The Kier molecular flexibility index (Phi) is 8.03. The number of benzene rings is 2. The molecule has 0 spiro atoms. The third-order valence-corrected chi connectivity index (χ3v) is 16.7. The van der Waals surface area contributed by atoms with Crippen molar-refractivity contribution in [2.24, 2.45) is 0 Å². The molecule has 2 aliphatic rings. The standard InChI is InChI=1S/C35H37ClF2N4O2Si/c1-19(2)45(20(3)4,21(5)6)15-13-23-27(37)11-10-22-8-7-9-24(30(22)23)32-31(38)33-25(16-39-32)34(26(36)17-40-33)42-18-29-28(42)12-14-41(29)35(43)44/h7-11,16-17,19-21,28-29H,12,14,18H2,1-6H3,(H,43,44)/t28-,29-/m1/s1. The fourth-order valence-corrected chi connectivity index (χ4v) is 13.4. The highest BCUT2D eigenvalue weighted by Crippen LogP contribution is 2.45. The molecule has 2 aromatic carbocycles. The second-order valence-electron chi connectivity index (χ2n) is 13.2. The molecular formula is C35H37ClF2N4O2Si. The summed E-state index contributed by atoms with van der Waals surface area (Å²) < 4.78 is 32.2. The minimum absolute atomic E-state index is 0.0488. The molecular weight excluding hydrogens is 610 g/mol. The average Bonchev–Trinajstić information content (AvgIpc) is 3.31. The van der Waals surface area contributed by atoms with E-state index in [1.54, 1.807) is 18.3 Å². The van der Waals surface area contributed by atoms with Gasteiger partial charge in [-0.15, -0.1) is 5.54 Å². The van der Waals surface area contributed by atoms with Gasteiger partial charge in [0.25, 0.3) is 0 Å². The molecule has 6 rings (SSSR count). The van der Waals surface area contributed by atoms with Crippen LogP contribution in [-0.4, -0.2) is 59.3 Å². The Hall–Kier alpha value is -3.74. The van der Waals surface area contributed by atoms with Gasteiger partial charge in [-0.2, -0.15) is 0 Å². The number of likely N-dealkylation sites (tertiary alicyclic amines) is 1. The number of carboxylic acid groups (broad SMARTS) is 1.